The van der Waals surface area contributed by atoms with E-state index in [1.807, 2.05) is 0 Å². The van der Waals surface area contributed by atoms with Crippen molar-refractivity contribution in [2.45, 2.75) is 361 Å². The number of esters is 3. The largest absolute Gasteiger partial charge is 0.462 e. The van der Waals surface area contributed by atoms with Crippen molar-refractivity contribution in [1.82, 2.24) is 0 Å². The van der Waals surface area contributed by atoms with Gasteiger partial charge in [0.05, 0.1) is 0 Å². The fourth-order valence-corrected chi connectivity index (χ4v) is 9.61. The van der Waals surface area contributed by atoms with Gasteiger partial charge in [-0.25, -0.2) is 0 Å². The third kappa shape index (κ3) is 58.7. The maximum atomic E-state index is 12.9. The topological polar surface area (TPSA) is 78.9 Å². The molecule has 6 nitrogen and oxygen atoms in total. The molecule has 0 aromatic rings. The summed E-state index contributed by atoms with van der Waals surface area (Å²) in [5.74, 6) is -0.848. The molecule has 0 amide bonds. The quantitative estimate of drug-likeness (QED) is 0.0261. The monoisotopic (exact) mass is 999 g/mol. The minimum Gasteiger partial charge on any atom is -0.462 e. The second kappa shape index (κ2) is 60.4. The molecule has 1 atom stereocenters. The van der Waals surface area contributed by atoms with E-state index in [9.17, 15) is 14.4 Å². The first-order valence-corrected chi connectivity index (χ1v) is 31.8. The maximum absolute atomic E-state index is 12.9. The molecule has 0 radical (unpaired) electrons. The number of hydrogen-bond donors (Lipinski definition) is 0. The Morgan fingerprint density at radius 3 is 0.704 bits per heavy atom. The molecule has 0 N–H and O–H groups in total. The van der Waals surface area contributed by atoms with E-state index in [4.69, 9.17) is 14.2 Å². The summed E-state index contributed by atoms with van der Waals surface area (Å²) in [4.78, 5) is 38.3. The average Bonchev–Trinajstić information content (AvgIpc) is 3.37. The van der Waals surface area contributed by atoms with Crippen molar-refractivity contribution >= 4 is 17.9 Å². The van der Waals surface area contributed by atoms with E-state index in [2.05, 4.69) is 45.1 Å². The molecule has 0 saturated carbocycles. The Hall–Kier alpha value is -2.11. The van der Waals surface area contributed by atoms with E-state index >= 15 is 0 Å². The van der Waals surface area contributed by atoms with Crippen LogP contribution < -0.4 is 0 Å². The van der Waals surface area contributed by atoms with E-state index in [0.717, 1.165) is 57.8 Å². The van der Waals surface area contributed by atoms with Crippen LogP contribution in [0.15, 0.2) is 24.3 Å². The lowest BCUT2D eigenvalue weighted by Crippen LogP contribution is -2.30. The Bertz CT molecular complexity index is 1150. The molecule has 0 aliphatic rings. The van der Waals surface area contributed by atoms with Crippen LogP contribution in [0.4, 0.5) is 0 Å². The van der Waals surface area contributed by atoms with E-state index in [0.29, 0.717) is 19.3 Å². The highest BCUT2D eigenvalue weighted by molar-refractivity contribution is 5.71. The molecule has 0 aromatic heterocycles. The summed E-state index contributed by atoms with van der Waals surface area (Å²) >= 11 is 0. The molecule has 418 valence electrons. The molecule has 0 saturated heterocycles. The zero-order valence-electron chi connectivity index (χ0n) is 48.0. The Labute approximate surface area is 443 Å². The lowest BCUT2D eigenvalue weighted by atomic mass is 10.0. The van der Waals surface area contributed by atoms with E-state index in [1.165, 1.54) is 257 Å². The third-order valence-corrected chi connectivity index (χ3v) is 14.4. The Balaban J connectivity index is 4.33. The van der Waals surface area contributed by atoms with Crippen molar-refractivity contribution < 1.29 is 28.6 Å². The van der Waals surface area contributed by atoms with Crippen LogP contribution in [0.5, 0.6) is 0 Å². The number of carbonyl (C=O) groups is 3. The first-order chi connectivity index (χ1) is 35.0. The number of carbonyl (C=O) groups excluding carboxylic acids is 3. The van der Waals surface area contributed by atoms with Gasteiger partial charge in [0.2, 0.25) is 0 Å². The van der Waals surface area contributed by atoms with Gasteiger partial charge in [-0.1, -0.05) is 289 Å². The number of allylic oxidation sites excluding steroid dienone is 4. The van der Waals surface area contributed by atoms with Crippen molar-refractivity contribution in [3.05, 3.63) is 24.3 Å². The molecule has 0 aliphatic carbocycles. The zero-order valence-corrected chi connectivity index (χ0v) is 48.0. The SMILES string of the molecule is CCCCCCCC/C=C\CCCCCCCCCCCC(=O)O[C@H](COC(=O)CCCCCCCCC/C=C\CCCCCCCC)COC(=O)CCCCCCCCCCCCCCCCCCC. The van der Waals surface area contributed by atoms with Gasteiger partial charge in [-0.05, 0) is 70.6 Å². The van der Waals surface area contributed by atoms with Gasteiger partial charge in [0.15, 0.2) is 6.10 Å². The summed E-state index contributed by atoms with van der Waals surface area (Å²) in [6.07, 6.45) is 71.7. The molecule has 0 bridgehead atoms. The van der Waals surface area contributed by atoms with Gasteiger partial charge in [-0.3, -0.25) is 14.4 Å². The fourth-order valence-electron chi connectivity index (χ4n) is 9.61. The van der Waals surface area contributed by atoms with Gasteiger partial charge in [0.25, 0.3) is 0 Å². The molecule has 0 spiro atoms. The van der Waals surface area contributed by atoms with Crippen LogP contribution >= 0.6 is 0 Å². The standard InChI is InChI=1S/C65H122O6/c1-4-7-10-13-16-19-22-25-28-31-32-35-38-41-44-47-50-53-56-59-65(68)71-62(60-69-63(66)57-54-51-48-45-42-39-36-33-29-26-23-20-17-14-11-8-5-2)61-70-64(67)58-55-52-49-46-43-40-37-34-30-27-24-21-18-15-12-9-6-3/h25-26,28-29,62H,4-24,27,30-61H2,1-3H3/b28-25-,29-26-/t62-/m1/s1. The van der Waals surface area contributed by atoms with Crippen molar-refractivity contribution in [2.24, 2.45) is 0 Å². The van der Waals surface area contributed by atoms with Crippen LogP contribution in [0.25, 0.3) is 0 Å². The Kier molecular flexibility index (Phi) is 58.6. The summed E-state index contributed by atoms with van der Waals surface area (Å²) < 4.78 is 16.9. The number of ether oxygens (including phenoxy) is 3. The molecule has 0 fully saturated rings. The third-order valence-electron chi connectivity index (χ3n) is 14.4. The Morgan fingerprint density at radius 1 is 0.268 bits per heavy atom. The second-order valence-corrected chi connectivity index (χ2v) is 21.7. The van der Waals surface area contributed by atoms with Gasteiger partial charge in [0.1, 0.15) is 13.2 Å². The summed E-state index contributed by atoms with van der Waals surface area (Å²) in [6.45, 7) is 6.69. The van der Waals surface area contributed by atoms with Crippen LogP contribution in [0.1, 0.15) is 355 Å². The van der Waals surface area contributed by atoms with Crippen LogP contribution in [-0.4, -0.2) is 37.2 Å². The highest BCUT2D eigenvalue weighted by Gasteiger charge is 2.19. The number of unbranched alkanes of at least 4 members (excludes halogenated alkanes) is 44. The zero-order chi connectivity index (χ0) is 51.4. The molecule has 0 aromatic carbocycles. The van der Waals surface area contributed by atoms with Crippen molar-refractivity contribution in [3.63, 3.8) is 0 Å². The average molecular weight is 1000 g/mol. The van der Waals surface area contributed by atoms with Crippen molar-refractivity contribution in [3.8, 4) is 0 Å². The molecule has 0 aliphatic heterocycles. The highest BCUT2D eigenvalue weighted by Crippen LogP contribution is 2.17. The number of hydrogen-bond acceptors (Lipinski definition) is 6. The van der Waals surface area contributed by atoms with Crippen LogP contribution in [0.3, 0.4) is 0 Å². The molecular weight excluding hydrogens is 877 g/mol. The molecule has 71 heavy (non-hydrogen) atoms. The smallest absolute Gasteiger partial charge is 0.306 e. The molecule has 0 heterocycles. The second-order valence-electron chi connectivity index (χ2n) is 21.7. The fraction of sp³-hybridized carbons (Fsp3) is 0.892. The summed E-state index contributed by atoms with van der Waals surface area (Å²) in [5, 5.41) is 0. The summed E-state index contributed by atoms with van der Waals surface area (Å²) in [6, 6.07) is 0. The van der Waals surface area contributed by atoms with Crippen molar-refractivity contribution in [1.29, 1.82) is 0 Å². The predicted octanol–water partition coefficient (Wildman–Crippen LogP) is 21.4. The minimum absolute atomic E-state index is 0.0682. The van der Waals surface area contributed by atoms with Gasteiger partial charge in [-0.15, -0.1) is 0 Å². The Morgan fingerprint density at radius 2 is 0.465 bits per heavy atom. The van der Waals surface area contributed by atoms with Crippen LogP contribution in [0.2, 0.25) is 0 Å². The maximum Gasteiger partial charge on any atom is 0.306 e. The lowest BCUT2D eigenvalue weighted by Gasteiger charge is -2.18. The van der Waals surface area contributed by atoms with E-state index in [-0.39, 0.29) is 31.1 Å². The van der Waals surface area contributed by atoms with Gasteiger partial charge in [0, 0.05) is 19.3 Å². The first kappa shape index (κ1) is 68.9. The summed E-state index contributed by atoms with van der Waals surface area (Å²) in [7, 11) is 0. The van der Waals surface area contributed by atoms with E-state index in [1.54, 1.807) is 0 Å². The number of rotatable bonds is 59. The van der Waals surface area contributed by atoms with Crippen LogP contribution in [0, 0.1) is 0 Å². The predicted molar refractivity (Wildman–Crippen MR) is 307 cm³/mol. The lowest BCUT2D eigenvalue weighted by molar-refractivity contribution is -0.167. The van der Waals surface area contributed by atoms with Gasteiger partial charge in [-0.2, -0.15) is 0 Å². The van der Waals surface area contributed by atoms with Crippen molar-refractivity contribution in [2.75, 3.05) is 13.2 Å². The molecule has 6 heteroatoms. The van der Waals surface area contributed by atoms with Crippen LogP contribution in [-0.2, 0) is 28.6 Å². The molecular formula is C65H122O6. The summed E-state index contributed by atoms with van der Waals surface area (Å²) in [5.41, 5.74) is 0. The minimum atomic E-state index is -0.771. The normalized spacial score (nSPS) is 12.1. The first-order valence-electron chi connectivity index (χ1n) is 31.8. The molecule has 0 rings (SSSR count). The van der Waals surface area contributed by atoms with E-state index < -0.39 is 6.10 Å². The highest BCUT2D eigenvalue weighted by atomic mass is 16.6. The van der Waals surface area contributed by atoms with Gasteiger partial charge < -0.3 is 14.2 Å². The molecule has 0 unspecified atom stereocenters. The van der Waals surface area contributed by atoms with Gasteiger partial charge >= 0.3 is 17.9 Å².